The third-order valence-electron chi connectivity index (χ3n) is 3.92. The van der Waals surface area contributed by atoms with Crippen molar-refractivity contribution in [3.63, 3.8) is 0 Å². The first kappa shape index (κ1) is 17.5. The van der Waals surface area contributed by atoms with Gasteiger partial charge in [-0.2, -0.15) is 0 Å². The lowest BCUT2D eigenvalue weighted by Crippen LogP contribution is -2.52. The Bertz CT molecular complexity index is 465. The Hall–Kier alpha value is -0.580. The molecule has 1 aliphatic heterocycles. The summed E-state index contributed by atoms with van der Waals surface area (Å²) in [5.41, 5.74) is 0.926. The lowest BCUT2D eigenvalue weighted by atomic mass is 9.77. The summed E-state index contributed by atoms with van der Waals surface area (Å²) in [7, 11) is 0. The van der Waals surface area contributed by atoms with Crippen LogP contribution in [0.4, 0.5) is 0 Å². The maximum Gasteiger partial charge on any atom is 0.252 e. The van der Waals surface area contributed by atoms with E-state index in [0.29, 0.717) is 18.2 Å². The molecule has 0 saturated carbocycles. The molecular formula is C15H22BrClN2O. The zero-order valence-corrected chi connectivity index (χ0v) is 14.3. The highest BCUT2D eigenvalue weighted by Gasteiger charge is 2.32. The summed E-state index contributed by atoms with van der Waals surface area (Å²) in [6, 6.07) is 7.85. The summed E-state index contributed by atoms with van der Waals surface area (Å²) in [5.74, 6) is -0.0179. The molecule has 0 aliphatic carbocycles. The highest BCUT2D eigenvalue weighted by Crippen LogP contribution is 2.29. The molecule has 1 atom stereocenters. The van der Waals surface area contributed by atoms with Crippen molar-refractivity contribution in [2.75, 3.05) is 13.1 Å². The summed E-state index contributed by atoms with van der Waals surface area (Å²) < 4.78 is 0.836. The van der Waals surface area contributed by atoms with Gasteiger partial charge in [-0.3, -0.25) is 4.79 Å². The van der Waals surface area contributed by atoms with Crippen LogP contribution >= 0.6 is 28.3 Å². The van der Waals surface area contributed by atoms with Gasteiger partial charge in [-0.1, -0.05) is 26.0 Å². The van der Waals surface area contributed by atoms with Gasteiger partial charge in [-0.25, -0.2) is 0 Å². The van der Waals surface area contributed by atoms with E-state index in [1.165, 1.54) is 12.8 Å². The van der Waals surface area contributed by atoms with Crippen LogP contribution in [0.1, 0.15) is 37.0 Å². The highest BCUT2D eigenvalue weighted by atomic mass is 79.9. The first-order valence-electron chi connectivity index (χ1n) is 6.77. The van der Waals surface area contributed by atoms with Crippen molar-refractivity contribution in [3.05, 3.63) is 34.3 Å². The van der Waals surface area contributed by atoms with Gasteiger partial charge in [0, 0.05) is 17.1 Å². The lowest BCUT2D eigenvalue weighted by molar-refractivity contribution is 0.0928. The first-order valence-corrected chi connectivity index (χ1v) is 7.56. The number of benzene rings is 1. The van der Waals surface area contributed by atoms with Gasteiger partial charge in [-0.15, -0.1) is 12.4 Å². The van der Waals surface area contributed by atoms with Crippen molar-refractivity contribution in [1.29, 1.82) is 0 Å². The molecule has 1 fully saturated rings. The predicted molar refractivity (Wildman–Crippen MR) is 88.5 cm³/mol. The fraction of sp³-hybridized carbons (Fsp3) is 0.533. The SMILES string of the molecule is CC1(C)CCCNC1CNC(=O)c1ccccc1Br.Cl. The van der Waals surface area contributed by atoms with Crippen LogP contribution in [-0.4, -0.2) is 25.0 Å². The summed E-state index contributed by atoms with van der Waals surface area (Å²) >= 11 is 3.41. The van der Waals surface area contributed by atoms with Crippen molar-refractivity contribution in [2.45, 2.75) is 32.7 Å². The molecule has 1 aromatic rings. The zero-order valence-electron chi connectivity index (χ0n) is 11.9. The van der Waals surface area contributed by atoms with E-state index >= 15 is 0 Å². The standard InChI is InChI=1S/C15H21BrN2O.ClH/c1-15(2)8-5-9-17-13(15)10-18-14(19)11-6-3-4-7-12(11)16;/h3-4,6-7,13,17H,5,8-10H2,1-2H3,(H,18,19);1H. The third kappa shape index (κ3) is 4.21. The largest absolute Gasteiger partial charge is 0.350 e. The number of carbonyl (C=O) groups is 1. The van der Waals surface area contributed by atoms with E-state index in [4.69, 9.17) is 0 Å². The second kappa shape index (κ2) is 7.43. The Kier molecular flexibility index (Phi) is 6.49. The van der Waals surface area contributed by atoms with Crippen molar-refractivity contribution in [1.82, 2.24) is 10.6 Å². The van der Waals surface area contributed by atoms with Gasteiger partial charge in [0.25, 0.3) is 5.91 Å². The van der Waals surface area contributed by atoms with Crippen LogP contribution in [0.3, 0.4) is 0 Å². The van der Waals surface area contributed by atoms with Crippen LogP contribution in [0.5, 0.6) is 0 Å². The minimum absolute atomic E-state index is 0. The first-order chi connectivity index (χ1) is 9.00. The second-order valence-corrected chi connectivity index (χ2v) is 6.64. The number of hydrogen-bond donors (Lipinski definition) is 2. The van der Waals surface area contributed by atoms with Crippen LogP contribution in [0.2, 0.25) is 0 Å². The molecule has 1 amide bonds. The molecule has 0 spiro atoms. The number of piperidine rings is 1. The van der Waals surface area contributed by atoms with E-state index in [9.17, 15) is 4.79 Å². The zero-order chi connectivity index (χ0) is 13.9. The number of halogens is 2. The predicted octanol–water partition coefficient (Wildman–Crippen LogP) is 3.38. The van der Waals surface area contributed by atoms with E-state index in [0.717, 1.165) is 11.0 Å². The monoisotopic (exact) mass is 360 g/mol. The van der Waals surface area contributed by atoms with Gasteiger partial charge in [0.1, 0.15) is 0 Å². The molecular weight excluding hydrogens is 340 g/mol. The molecule has 1 heterocycles. The Morgan fingerprint density at radius 2 is 2.15 bits per heavy atom. The number of amides is 1. The van der Waals surface area contributed by atoms with Gasteiger partial charge >= 0.3 is 0 Å². The second-order valence-electron chi connectivity index (χ2n) is 5.79. The van der Waals surface area contributed by atoms with Gasteiger partial charge in [0.15, 0.2) is 0 Å². The minimum atomic E-state index is -0.0179. The molecule has 1 unspecified atom stereocenters. The van der Waals surface area contributed by atoms with Crippen LogP contribution in [0.25, 0.3) is 0 Å². The van der Waals surface area contributed by atoms with E-state index in [1.54, 1.807) is 0 Å². The molecule has 1 aliphatic rings. The van der Waals surface area contributed by atoms with E-state index < -0.39 is 0 Å². The van der Waals surface area contributed by atoms with Gasteiger partial charge < -0.3 is 10.6 Å². The van der Waals surface area contributed by atoms with Gasteiger partial charge in [-0.05, 0) is 52.9 Å². The average molecular weight is 362 g/mol. The molecule has 2 rings (SSSR count). The maximum atomic E-state index is 12.2. The molecule has 0 bridgehead atoms. The molecule has 1 aromatic carbocycles. The van der Waals surface area contributed by atoms with E-state index in [-0.39, 0.29) is 23.7 Å². The van der Waals surface area contributed by atoms with Crippen molar-refractivity contribution < 1.29 is 4.79 Å². The van der Waals surface area contributed by atoms with Crippen LogP contribution < -0.4 is 10.6 Å². The van der Waals surface area contributed by atoms with E-state index in [1.807, 2.05) is 24.3 Å². The maximum absolute atomic E-state index is 12.2. The van der Waals surface area contributed by atoms with Crippen LogP contribution in [0.15, 0.2) is 28.7 Å². The summed E-state index contributed by atoms with van der Waals surface area (Å²) in [5, 5.41) is 6.54. The molecule has 20 heavy (non-hydrogen) atoms. The molecule has 3 nitrogen and oxygen atoms in total. The van der Waals surface area contributed by atoms with E-state index in [2.05, 4.69) is 40.4 Å². The molecule has 0 radical (unpaired) electrons. The number of hydrogen-bond acceptors (Lipinski definition) is 2. The van der Waals surface area contributed by atoms with Crippen molar-refractivity contribution >= 4 is 34.2 Å². The van der Waals surface area contributed by atoms with Crippen molar-refractivity contribution in [3.8, 4) is 0 Å². The smallest absolute Gasteiger partial charge is 0.252 e. The molecule has 5 heteroatoms. The molecule has 2 N–H and O–H groups in total. The van der Waals surface area contributed by atoms with Crippen LogP contribution in [0, 0.1) is 5.41 Å². The fourth-order valence-corrected chi connectivity index (χ4v) is 3.02. The highest BCUT2D eigenvalue weighted by molar-refractivity contribution is 9.10. The normalized spacial score (nSPS) is 20.9. The minimum Gasteiger partial charge on any atom is -0.350 e. The number of carbonyl (C=O) groups excluding carboxylic acids is 1. The number of nitrogens with one attached hydrogen (secondary N) is 2. The van der Waals surface area contributed by atoms with Gasteiger partial charge in [0.05, 0.1) is 5.56 Å². The summed E-state index contributed by atoms with van der Waals surface area (Å²) in [4.78, 5) is 12.2. The number of rotatable bonds is 3. The Morgan fingerprint density at radius 1 is 1.45 bits per heavy atom. The van der Waals surface area contributed by atoms with Crippen LogP contribution in [-0.2, 0) is 0 Å². The Labute approximate surface area is 135 Å². The average Bonchev–Trinajstić information content (AvgIpc) is 2.37. The fourth-order valence-electron chi connectivity index (χ4n) is 2.55. The Morgan fingerprint density at radius 3 is 2.80 bits per heavy atom. The lowest BCUT2D eigenvalue weighted by Gasteiger charge is -2.39. The van der Waals surface area contributed by atoms with Gasteiger partial charge in [0.2, 0.25) is 0 Å². The molecule has 1 saturated heterocycles. The van der Waals surface area contributed by atoms with Crippen molar-refractivity contribution in [2.24, 2.45) is 5.41 Å². The summed E-state index contributed by atoms with van der Waals surface area (Å²) in [6.07, 6.45) is 2.41. The summed E-state index contributed by atoms with van der Waals surface area (Å²) in [6.45, 7) is 6.23. The molecule has 112 valence electrons. The quantitative estimate of drug-likeness (QED) is 0.866. The third-order valence-corrected chi connectivity index (χ3v) is 4.61. The topological polar surface area (TPSA) is 41.1 Å². The Balaban J connectivity index is 0.00000200. The molecule has 0 aromatic heterocycles.